The second-order valence-electron chi connectivity index (χ2n) is 3.70. The third-order valence-electron chi connectivity index (χ3n) is 2.78. The normalized spacial score (nSPS) is 27.1. The fourth-order valence-corrected chi connectivity index (χ4v) is 2.02. The predicted octanol–water partition coefficient (Wildman–Crippen LogP) is 0.682. The van der Waals surface area contributed by atoms with Crippen LogP contribution in [0.4, 0.5) is 0 Å². The summed E-state index contributed by atoms with van der Waals surface area (Å²) in [5.41, 5.74) is 11.8. The summed E-state index contributed by atoms with van der Waals surface area (Å²) in [5, 5.41) is 7.51. The molecule has 0 saturated carbocycles. The molecule has 2 aliphatic heterocycles. The number of hydrogen-bond acceptors (Lipinski definition) is 4. The minimum Gasteiger partial charge on any atom is -0.400 e. The fraction of sp³-hybridized carbons (Fsp3) is 0.636. The Balaban J connectivity index is 0.000000606. The molecule has 2 rings (SSSR count). The first-order valence-corrected chi connectivity index (χ1v) is 5.62. The smallest absolute Gasteiger partial charge is 0.266 e. The van der Waals surface area contributed by atoms with E-state index in [2.05, 4.69) is 0 Å². The van der Waals surface area contributed by atoms with Gasteiger partial charge in [-0.05, 0) is 12.8 Å². The number of nitrogens with one attached hydrogen (secondary N) is 1. The van der Waals surface area contributed by atoms with E-state index in [0.717, 1.165) is 12.8 Å². The molecule has 1 fully saturated rings. The number of fused-ring (bicyclic) bond motifs is 2. The molecule has 2 unspecified atom stereocenters. The summed E-state index contributed by atoms with van der Waals surface area (Å²) in [6, 6.07) is 0. The molecule has 5 nitrogen and oxygen atoms in total. The Morgan fingerprint density at radius 1 is 1.44 bits per heavy atom. The standard InChI is InChI=1S/C9H13N3O2.C2H6/c10-7-5(8(11)9(12)13)3-4-1-2-6(7)14-4;1-2/h4,6,11H,1-3,10H2,(H2,12,13);1-2H3. The number of carbonyl (C=O) groups is 1. The van der Waals surface area contributed by atoms with E-state index in [9.17, 15) is 4.79 Å². The summed E-state index contributed by atoms with van der Waals surface area (Å²) in [6.45, 7) is 4.00. The number of hydrogen-bond donors (Lipinski definition) is 3. The van der Waals surface area contributed by atoms with Crippen LogP contribution in [0.3, 0.4) is 0 Å². The quantitative estimate of drug-likeness (QED) is 0.602. The predicted molar refractivity (Wildman–Crippen MR) is 62.0 cm³/mol. The van der Waals surface area contributed by atoms with Gasteiger partial charge in [-0.15, -0.1) is 0 Å². The van der Waals surface area contributed by atoms with Gasteiger partial charge in [0.1, 0.15) is 5.71 Å². The zero-order chi connectivity index (χ0) is 12.3. The van der Waals surface area contributed by atoms with Crippen LogP contribution in [0.25, 0.3) is 0 Å². The molecule has 5 heteroatoms. The summed E-state index contributed by atoms with van der Waals surface area (Å²) in [7, 11) is 0. The van der Waals surface area contributed by atoms with Crippen molar-refractivity contribution in [3.63, 3.8) is 0 Å². The molecule has 1 saturated heterocycles. The third-order valence-corrected chi connectivity index (χ3v) is 2.78. The maximum absolute atomic E-state index is 10.8. The van der Waals surface area contributed by atoms with E-state index in [1.807, 2.05) is 13.8 Å². The van der Waals surface area contributed by atoms with Crippen LogP contribution in [0, 0.1) is 5.41 Å². The molecule has 1 amide bonds. The molecular weight excluding hydrogens is 206 g/mol. The number of amides is 1. The van der Waals surface area contributed by atoms with Crippen molar-refractivity contribution in [3.05, 3.63) is 11.3 Å². The summed E-state index contributed by atoms with van der Waals surface area (Å²) >= 11 is 0. The van der Waals surface area contributed by atoms with Crippen molar-refractivity contribution in [2.24, 2.45) is 11.5 Å². The van der Waals surface area contributed by atoms with Gasteiger partial charge in [-0.3, -0.25) is 10.2 Å². The molecule has 16 heavy (non-hydrogen) atoms. The Morgan fingerprint density at radius 3 is 2.62 bits per heavy atom. The average Bonchev–Trinajstić information content (AvgIpc) is 2.69. The second-order valence-corrected chi connectivity index (χ2v) is 3.70. The van der Waals surface area contributed by atoms with Gasteiger partial charge < -0.3 is 16.2 Å². The van der Waals surface area contributed by atoms with E-state index in [1.54, 1.807) is 0 Å². The molecule has 0 aromatic rings. The van der Waals surface area contributed by atoms with Gasteiger partial charge in [-0.1, -0.05) is 13.8 Å². The van der Waals surface area contributed by atoms with Crippen molar-refractivity contribution < 1.29 is 9.53 Å². The largest absolute Gasteiger partial charge is 0.400 e. The van der Waals surface area contributed by atoms with Crippen molar-refractivity contribution in [2.75, 3.05) is 0 Å². The lowest BCUT2D eigenvalue weighted by molar-refractivity contribution is -0.112. The van der Waals surface area contributed by atoms with Crippen molar-refractivity contribution >= 4 is 11.6 Å². The molecule has 5 N–H and O–H groups in total. The lowest BCUT2D eigenvalue weighted by Gasteiger charge is -2.24. The van der Waals surface area contributed by atoms with Gasteiger partial charge in [-0.25, -0.2) is 0 Å². The molecule has 0 aromatic carbocycles. The zero-order valence-electron chi connectivity index (χ0n) is 9.75. The van der Waals surface area contributed by atoms with Gasteiger partial charge in [0.2, 0.25) is 0 Å². The van der Waals surface area contributed by atoms with Crippen LogP contribution in [0.2, 0.25) is 0 Å². The van der Waals surface area contributed by atoms with Gasteiger partial charge in [-0.2, -0.15) is 0 Å². The van der Waals surface area contributed by atoms with Gasteiger partial charge in [0, 0.05) is 17.7 Å². The summed E-state index contributed by atoms with van der Waals surface area (Å²) in [5.74, 6) is -0.718. The van der Waals surface area contributed by atoms with Crippen LogP contribution in [0.5, 0.6) is 0 Å². The van der Waals surface area contributed by atoms with Crippen LogP contribution < -0.4 is 11.5 Å². The molecule has 2 heterocycles. The molecule has 2 atom stereocenters. The molecule has 0 spiro atoms. The van der Waals surface area contributed by atoms with Crippen molar-refractivity contribution in [1.29, 1.82) is 5.41 Å². The lowest BCUT2D eigenvalue weighted by atomic mass is 9.99. The second kappa shape index (κ2) is 5.12. The molecule has 90 valence electrons. The molecule has 0 aliphatic carbocycles. The average molecular weight is 225 g/mol. The Hall–Kier alpha value is -1.36. The summed E-state index contributed by atoms with van der Waals surface area (Å²) in [4.78, 5) is 10.8. The number of carbonyl (C=O) groups excluding carboxylic acids is 1. The first-order chi connectivity index (χ1) is 7.59. The highest BCUT2D eigenvalue weighted by Gasteiger charge is 2.36. The van der Waals surface area contributed by atoms with Crippen LogP contribution in [0.15, 0.2) is 11.3 Å². The monoisotopic (exact) mass is 225 g/mol. The molecule has 0 aromatic heterocycles. The summed E-state index contributed by atoms with van der Waals surface area (Å²) in [6.07, 6.45) is 2.38. The Morgan fingerprint density at radius 2 is 2.06 bits per heavy atom. The van der Waals surface area contributed by atoms with Gasteiger partial charge in [0.25, 0.3) is 5.91 Å². The van der Waals surface area contributed by atoms with E-state index in [0.29, 0.717) is 17.7 Å². The van der Waals surface area contributed by atoms with Crippen LogP contribution in [-0.4, -0.2) is 23.8 Å². The highest BCUT2D eigenvalue weighted by Crippen LogP contribution is 2.34. The van der Waals surface area contributed by atoms with E-state index >= 15 is 0 Å². The van der Waals surface area contributed by atoms with Crippen LogP contribution >= 0.6 is 0 Å². The number of nitrogens with two attached hydrogens (primary N) is 2. The minimum atomic E-state index is -0.718. The number of primary amides is 1. The van der Waals surface area contributed by atoms with E-state index in [-0.39, 0.29) is 17.9 Å². The topological polar surface area (TPSA) is 102 Å². The van der Waals surface area contributed by atoms with Crippen molar-refractivity contribution in [2.45, 2.75) is 45.3 Å². The number of rotatable bonds is 2. The Bertz CT molecular complexity index is 336. The molecule has 2 bridgehead atoms. The van der Waals surface area contributed by atoms with Gasteiger partial charge >= 0.3 is 0 Å². The summed E-state index contributed by atoms with van der Waals surface area (Å²) < 4.78 is 5.54. The van der Waals surface area contributed by atoms with Crippen molar-refractivity contribution in [1.82, 2.24) is 0 Å². The Labute approximate surface area is 95.3 Å². The van der Waals surface area contributed by atoms with E-state index in [4.69, 9.17) is 21.6 Å². The highest BCUT2D eigenvalue weighted by atomic mass is 16.5. The lowest BCUT2D eigenvalue weighted by Crippen LogP contribution is -2.34. The maximum atomic E-state index is 10.8. The highest BCUT2D eigenvalue weighted by molar-refractivity contribution is 6.43. The minimum absolute atomic E-state index is 0.108. The van der Waals surface area contributed by atoms with Crippen LogP contribution in [0.1, 0.15) is 33.1 Å². The third kappa shape index (κ3) is 2.24. The first-order valence-electron chi connectivity index (χ1n) is 5.62. The van der Waals surface area contributed by atoms with Crippen molar-refractivity contribution in [3.8, 4) is 0 Å². The van der Waals surface area contributed by atoms with Gasteiger partial charge in [0.15, 0.2) is 0 Å². The fourth-order valence-electron chi connectivity index (χ4n) is 2.02. The maximum Gasteiger partial charge on any atom is 0.266 e. The van der Waals surface area contributed by atoms with Crippen LogP contribution in [-0.2, 0) is 9.53 Å². The molecule has 2 aliphatic rings. The van der Waals surface area contributed by atoms with E-state index in [1.165, 1.54) is 0 Å². The molecule has 0 radical (unpaired) electrons. The SMILES string of the molecule is CC.N=C(C(N)=O)C1=C(N)C2CCC(C1)O2. The van der Waals surface area contributed by atoms with E-state index < -0.39 is 5.91 Å². The first kappa shape index (κ1) is 12.7. The Kier molecular flexibility index (Phi) is 4.06. The van der Waals surface area contributed by atoms with Gasteiger partial charge in [0.05, 0.1) is 12.2 Å². The zero-order valence-corrected chi connectivity index (χ0v) is 9.75. The number of ether oxygens (including phenoxy) is 1. The molecular formula is C11H19N3O2.